The molecule has 1 unspecified atom stereocenters. The number of carbonyl (C=O) groups is 2. The summed E-state index contributed by atoms with van der Waals surface area (Å²) >= 11 is 0. The largest absolute Gasteiger partial charge is 0.352 e. The Hall–Kier alpha value is -3.65. The zero-order valence-electron chi connectivity index (χ0n) is 23.5. The fourth-order valence-electron chi connectivity index (χ4n) is 5.16. The van der Waals surface area contributed by atoms with Crippen LogP contribution >= 0.6 is 0 Å². The molecule has 1 saturated carbocycles. The van der Waals surface area contributed by atoms with Crippen LogP contribution in [0.15, 0.2) is 83.8 Å². The smallest absolute Gasteiger partial charge is 0.264 e. The van der Waals surface area contributed by atoms with Crippen LogP contribution in [0.5, 0.6) is 0 Å². The number of hydrogen-bond donors (Lipinski definition) is 1. The number of rotatable bonds is 11. The molecule has 1 fully saturated rings. The normalized spacial score (nSPS) is 14.5. The summed E-state index contributed by atoms with van der Waals surface area (Å²) in [5.41, 5.74) is 3.13. The van der Waals surface area contributed by atoms with Gasteiger partial charge in [0.05, 0.1) is 10.6 Å². The molecule has 0 aromatic heterocycles. The lowest BCUT2D eigenvalue weighted by atomic mass is 10.1. The van der Waals surface area contributed by atoms with Gasteiger partial charge in [-0.2, -0.15) is 0 Å². The molecule has 3 aromatic rings. The molecule has 8 heteroatoms. The number of benzene rings is 3. The molecule has 1 atom stereocenters. The first-order valence-electron chi connectivity index (χ1n) is 14.0. The predicted molar refractivity (Wildman–Crippen MR) is 159 cm³/mol. The molecule has 1 N–H and O–H groups in total. The number of anilines is 1. The minimum Gasteiger partial charge on any atom is -0.352 e. The summed E-state index contributed by atoms with van der Waals surface area (Å²) in [6.07, 6.45) is 4.58. The number of nitrogens with one attached hydrogen (secondary N) is 1. The SMILES string of the molecule is Cc1ccc(S(=O)(=O)N(CC(=O)N(CCc2ccccc2)C(C)C(=O)NC2CCCC2)c2ccccc2C)cc1. The number of para-hydroxylation sites is 1. The van der Waals surface area contributed by atoms with E-state index in [0.29, 0.717) is 12.1 Å². The van der Waals surface area contributed by atoms with Crippen LogP contribution in [0.25, 0.3) is 0 Å². The first kappa shape index (κ1) is 29.3. The molecule has 4 rings (SSSR count). The van der Waals surface area contributed by atoms with E-state index in [-0.39, 0.29) is 23.4 Å². The van der Waals surface area contributed by atoms with Crippen molar-refractivity contribution in [3.05, 3.63) is 95.6 Å². The number of aryl methyl sites for hydroxylation is 2. The molecule has 212 valence electrons. The van der Waals surface area contributed by atoms with E-state index in [9.17, 15) is 18.0 Å². The fraction of sp³-hybridized carbons (Fsp3) is 0.375. The monoisotopic (exact) mass is 561 g/mol. The summed E-state index contributed by atoms with van der Waals surface area (Å²) in [5.74, 6) is -0.638. The maximum atomic E-state index is 14.0. The van der Waals surface area contributed by atoms with Gasteiger partial charge >= 0.3 is 0 Å². The summed E-state index contributed by atoms with van der Waals surface area (Å²) in [6.45, 7) is 5.30. The van der Waals surface area contributed by atoms with E-state index in [1.165, 1.54) is 9.21 Å². The van der Waals surface area contributed by atoms with Gasteiger partial charge < -0.3 is 10.2 Å². The van der Waals surface area contributed by atoms with Crippen molar-refractivity contribution < 1.29 is 18.0 Å². The number of carbonyl (C=O) groups excluding carboxylic acids is 2. The highest BCUT2D eigenvalue weighted by atomic mass is 32.2. The van der Waals surface area contributed by atoms with Crippen LogP contribution in [-0.4, -0.2) is 50.3 Å². The third-order valence-electron chi connectivity index (χ3n) is 7.63. The standard InChI is InChI=1S/C32H39N3O4S/c1-24-17-19-29(20-18-24)40(38,39)35(30-16-10-7-11-25(30)2)23-31(36)34(22-21-27-12-5-4-6-13-27)26(3)32(37)33-28-14-8-9-15-28/h4-7,10-13,16-20,26,28H,8-9,14-15,21-23H2,1-3H3,(H,33,37). The summed E-state index contributed by atoms with van der Waals surface area (Å²) in [6, 6.07) is 22.9. The van der Waals surface area contributed by atoms with Crippen molar-refractivity contribution in [2.75, 3.05) is 17.4 Å². The van der Waals surface area contributed by atoms with Gasteiger partial charge in [-0.15, -0.1) is 0 Å². The lowest BCUT2D eigenvalue weighted by Gasteiger charge is -2.33. The Morgan fingerprint density at radius 1 is 0.900 bits per heavy atom. The minimum absolute atomic E-state index is 0.108. The van der Waals surface area contributed by atoms with Crippen LogP contribution in [0.2, 0.25) is 0 Å². The number of amides is 2. The summed E-state index contributed by atoms with van der Waals surface area (Å²) in [5, 5.41) is 3.10. The van der Waals surface area contributed by atoms with Crippen LogP contribution < -0.4 is 9.62 Å². The summed E-state index contributed by atoms with van der Waals surface area (Å²) < 4.78 is 29.1. The number of hydrogen-bond acceptors (Lipinski definition) is 4. The molecule has 3 aromatic carbocycles. The van der Waals surface area contributed by atoms with Gasteiger partial charge in [0.25, 0.3) is 10.0 Å². The van der Waals surface area contributed by atoms with E-state index in [0.717, 1.165) is 42.4 Å². The van der Waals surface area contributed by atoms with Crippen LogP contribution in [0.3, 0.4) is 0 Å². The predicted octanol–water partition coefficient (Wildman–Crippen LogP) is 5.02. The molecule has 1 aliphatic rings. The highest BCUT2D eigenvalue weighted by Crippen LogP contribution is 2.27. The van der Waals surface area contributed by atoms with Gasteiger partial charge in [-0.3, -0.25) is 13.9 Å². The molecule has 0 aliphatic heterocycles. The van der Waals surface area contributed by atoms with E-state index in [1.54, 1.807) is 43.3 Å². The first-order chi connectivity index (χ1) is 19.2. The molecule has 0 heterocycles. The molecule has 0 saturated heterocycles. The number of nitrogens with zero attached hydrogens (tertiary/aromatic N) is 2. The second kappa shape index (κ2) is 13.1. The lowest BCUT2D eigenvalue weighted by Crippen LogP contribution is -2.53. The van der Waals surface area contributed by atoms with Crippen LogP contribution in [0, 0.1) is 13.8 Å². The highest BCUT2D eigenvalue weighted by molar-refractivity contribution is 7.92. The quantitative estimate of drug-likeness (QED) is 0.356. The van der Waals surface area contributed by atoms with Gasteiger partial charge in [0, 0.05) is 12.6 Å². The van der Waals surface area contributed by atoms with E-state index >= 15 is 0 Å². The van der Waals surface area contributed by atoms with E-state index in [4.69, 9.17) is 0 Å². The van der Waals surface area contributed by atoms with E-state index in [1.807, 2.05) is 56.3 Å². The lowest BCUT2D eigenvalue weighted by molar-refractivity contribution is -0.139. The molecular formula is C32H39N3O4S. The fourth-order valence-corrected chi connectivity index (χ4v) is 6.63. The Bertz CT molecular complexity index is 1400. The minimum atomic E-state index is -4.07. The van der Waals surface area contributed by atoms with Gasteiger partial charge in [-0.25, -0.2) is 8.42 Å². The molecule has 40 heavy (non-hydrogen) atoms. The summed E-state index contributed by atoms with van der Waals surface area (Å²) in [7, 11) is -4.07. The zero-order valence-corrected chi connectivity index (χ0v) is 24.4. The number of sulfonamides is 1. The molecule has 1 aliphatic carbocycles. The van der Waals surface area contributed by atoms with Crippen molar-refractivity contribution in [1.82, 2.24) is 10.2 Å². The second-order valence-corrected chi connectivity index (χ2v) is 12.5. The Balaban J connectivity index is 1.65. The molecule has 2 amide bonds. The van der Waals surface area contributed by atoms with Crippen molar-refractivity contribution in [3.63, 3.8) is 0 Å². The maximum Gasteiger partial charge on any atom is 0.264 e. The van der Waals surface area contributed by atoms with Gasteiger partial charge in [-0.05, 0) is 69.4 Å². The van der Waals surface area contributed by atoms with Crippen LogP contribution in [0.4, 0.5) is 5.69 Å². The first-order valence-corrected chi connectivity index (χ1v) is 15.4. The zero-order chi connectivity index (χ0) is 28.7. The Labute approximate surface area is 238 Å². The average molecular weight is 562 g/mol. The second-order valence-electron chi connectivity index (χ2n) is 10.6. The van der Waals surface area contributed by atoms with Gasteiger partial charge in [0.15, 0.2) is 0 Å². The van der Waals surface area contributed by atoms with Gasteiger partial charge in [-0.1, -0.05) is 79.1 Å². The Morgan fingerprint density at radius 3 is 2.17 bits per heavy atom. The third-order valence-corrected chi connectivity index (χ3v) is 9.40. The Morgan fingerprint density at radius 2 is 1.52 bits per heavy atom. The molecular weight excluding hydrogens is 522 g/mol. The van der Waals surface area contributed by atoms with Gasteiger partial charge in [0.1, 0.15) is 12.6 Å². The maximum absolute atomic E-state index is 14.0. The molecule has 0 bridgehead atoms. The van der Waals surface area contributed by atoms with E-state index < -0.39 is 28.5 Å². The van der Waals surface area contributed by atoms with Crippen molar-refractivity contribution >= 4 is 27.5 Å². The molecule has 7 nitrogen and oxygen atoms in total. The van der Waals surface area contributed by atoms with Gasteiger partial charge in [0.2, 0.25) is 11.8 Å². The Kier molecular flexibility index (Phi) is 9.63. The average Bonchev–Trinajstić information content (AvgIpc) is 3.46. The van der Waals surface area contributed by atoms with Crippen molar-refractivity contribution in [2.45, 2.75) is 69.9 Å². The topological polar surface area (TPSA) is 86.8 Å². The van der Waals surface area contributed by atoms with Crippen molar-refractivity contribution in [3.8, 4) is 0 Å². The van der Waals surface area contributed by atoms with E-state index in [2.05, 4.69) is 5.32 Å². The molecule has 0 spiro atoms. The van der Waals surface area contributed by atoms with Crippen LogP contribution in [0.1, 0.15) is 49.3 Å². The van der Waals surface area contributed by atoms with Crippen molar-refractivity contribution in [2.24, 2.45) is 0 Å². The van der Waals surface area contributed by atoms with Crippen molar-refractivity contribution in [1.29, 1.82) is 0 Å². The summed E-state index contributed by atoms with van der Waals surface area (Å²) in [4.78, 5) is 28.9. The molecule has 0 radical (unpaired) electrons. The third kappa shape index (κ3) is 7.10. The van der Waals surface area contributed by atoms with Crippen LogP contribution in [-0.2, 0) is 26.0 Å². The highest BCUT2D eigenvalue weighted by Gasteiger charge is 2.33.